The Labute approximate surface area is 123 Å². The number of aryl methyl sites for hydroxylation is 1. The van der Waals surface area contributed by atoms with E-state index in [9.17, 15) is 14.9 Å². The Hall–Kier alpha value is -2.15. The van der Waals surface area contributed by atoms with Crippen LogP contribution in [0.25, 0.3) is 0 Å². The first-order valence-electron chi connectivity index (χ1n) is 6.98. The van der Waals surface area contributed by atoms with Crippen molar-refractivity contribution in [1.82, 2.24) is 4.90 Å². The van der Waals surface area contributed by atoms with Crippen LogP contribution in [-0.2, 0) is 4.79 Å². The Kier molecular flexibility index (Phi) is 4.74. The Bertz CT molecular complexity index is 539. The third-order valence-electron chi connectivity index (χ3n) is 3.68. The molecule has 0 spiro atoms. The SMILES string of the molecule is Cc1ccc([N+](=O)[O-])c(NC2CCN(CC(N)=O)CC2)c1. The molecular formula is C14H20N4O3. The molecule has 1 aromatic carbocycles. The molecule has 0 aromatic heterocycles. The fourth-order valence-corrected chi connectivity index (χ4v) is 2.60. The Morgan fingerprint density at radius 1 is 1.48 bits per heavy atom. The number of benzene rings is 1. The van der Waals surface area contributed by atoms with Gasteiger partial charge in [-0.05, 0) is 31.4 Å². The Morgan fingerprint density at radius 3 is 2.71 bits per heavy atom. The van der Waals surface area contributed by atoms with E-state index >= 15 is 0 Å². The molecular weight excluding hydrogens is 272 g/mol. The van der Waals surface area contributed by atoms with E-state index in [-0.39, 0.29) is 29.1 Å². The van der Waals surface area contributed by atoms with Crippen LogP contribution in [0.15, 0.2) is 18.2 Å². The van der Waals surface area contributed by atoms with E-state index < -0.39 is 0 Å². The van der Waals surface area contributed by atoms with E-state index in [2.05, 4.69) is 5.32 Å². The highest BCUT2D eigenvalue weighted by Crippen LogP contribution is 2.27. The molecule has 1 fully saturated rings. The number of nitrogens with one attached hydrogen (secondary N) is 1. The van der Waals surface area contributed by atoms with Crippen LogP contribution in [0.3, 0.4) is 0 Å². The number of carbonyl (C=O) groups excluding carboxylic acids is 1. The number of rotatable bonds is 5. The largest absolute Gasteiger partial charge is 0.377 e. The summed E-state index contributed by atoms with van der Waals surface area (Å²) in [7, 11) is 0. The van der Waals surface area contributed by atoms with Crippen LogP contribution < -0.4 is 11.1 Å². The molecule has 0 atom stereocenters. The van der Waals surface area contributed by atoms with Crippen molar-refractivity contribution in [2.24, 2.45) is 5.73 Å². The zero-order chi connectivity index (χ0) is 15.4. The second-order valence-corrected chi connectivity index (χ2v) is 5.44. The second-order valence-electron chi connectivity index (χ2n) is 5.44. The fourth-order valence-electron chi connectivity index (χ4n) is 2.60. The number of primary amides is 1. The van der Waals surface area contributed by atoms with E-state index in [0.717, 1.165) is 31.5 Å². The van der Waals surface area contributed by atoms with E-state index in [0.29, 0.717) is 5.69 Å². The van der Waals surface area contributed by atoms with Crippen LogP contribution in [0, 0.1) is 17.0 Å². The topological polar surface area (TPSA) is 102 Å². The third kappa shape index (κ3) is 4.16. The molecule has 21 heavy (non-hydrogen) atoms. The van der Waals surface area contributed by atoms with E-state index in [4.69, 9.17) is 5.73 Å². The zero-order valence-corrected chi connectivity index (χ0v) is 12.0. The average molecular weight is 292 g/mol. The molecule has 114 valence electrons. The summed E-state index contributed by atoms with van der Waals surface area (Å²) < 4.78 is 0. The molecule has 0 aliphatic carbocycles. The summed E-state index contributed by atoms with van der Waals surface area (Å²) in [5.41, 5.74) is 6.82. The van der Waals surface area contributed by atoms with E-state index in [1.807, 2.05) is 11.8 Å². The molecule has 0 unspecified atom stereocenters. The van der Waals surface area contributed by atoms with Gasteiger partial charge in [0.25, 0.3) is 5.69 Å². The van der Waals surface area contributed by atoms with Gasteiger partial charge < -0.3 is 11.1 Å². The number of amides is 1. The Balaban J connectivity index is 1.99. The molecule has 1 aliphatic rings. The fraction of sp³-hybridized carbons (Fsp3) is 0.500. The standard InChI is InChI=1S/C14H20N4O3/c1-10-2-3-13(18(20)21)12(8-10)16-11-4-6-17(7-5-11)9-14(15)19/h2-3,8,11,16H,4-7,9H2,1H3,(H2,15,19). The van der Waals surface area contributed by atoms with Crippen molar-refractivity contribution in [3.05, 3.63) is 33.9 Å². The minimum absolute atomic E-state index is 0.0974. The van der Waals surface area contributed by atoms with Crippen LogP contribution in [0.5, 0.6) is 0 Å². The lowest BCUT2D eigenvalue weighted by molar-refractivity contribution is -0.384. The average Bonchev–Trinajstić information content (AvgIpc) is 2.40. The second kappa shape index (κ2) is 6.53. The molecule has 1 aliphatic heterocycles. The first-order chi connectivity index (χ1) is 9.95. The van der Waals surface area contributed by atoms with Crippen LogP contribution in [0.4, 0.5) is 11.4 Å². The maximum atomic E-state index is 11.1. The van der Waals surface area contributed by atoms with Gasteiger partial charge in [0.05, 0.1) is 11.5 Å². The lowest BCUT2D eigenvalue weighted by Gasteiger charge is -2.31. The molecule has 1 aromatic rings. The molecule has 2 rings (SSSR count). The lowest BCUT2D eigenvalue weighted by Crippen LogP contribution is -2.43. The maximum Gasteiger partial charge on any atom is 0.292 e. The smallest absolute Gasteiger partial charge is 0.292 e. The van der Waals surface area contributed by atoms with Gasteiger partial charge in [0.2, 0.25) is 5.91 Å². The van der Waals surface area contributed by atoms with Crippen LogP contribution in [-0.4, -0.2) is 41.4 Å². The van der Waals surface area contributed by atoms with Gasteiger partial charge in [-0.2, -0.15) is 0 Å². The van der Waals surface area contributed by atoms with Gasteiger partial charge in [-0.25, -0.2) is 0 Å². The summed E-state index contributed by atoms with van der Waals surface area (Å²) in [5.74, 6) is -0.323. The normalized spacial score (nSPS) is 16.6. The molecule has 1 saturated heterocycles. The van der Waals surface area contributed by atoms with Crippen molar-refractivity contribution in [3.8, 4) is 0 Å². The van der Waals surface area contributed by atoms with Crippen molar-refractivity contribution in [2.45, 2.75) is 25.8 Å². The van der Waals surface area contributed by atoms with Gasteiger partial charge in [-0.1, -0.05) is 6.07 Å². The molecule has 0 radical (unpaired) electrons. The van der Waals surface area contributed by atoms with Crippen molar-refractivity contribution < 1.29 is 9.72 Å². The number of nitrogens with zero attached hydrogens (tertiary/aromatic N) is 2. The van der Waals surface area contributed by atoms with Crippen LogP contribution in [0.2, 0.25) is 0 Å². The van der Waals surface area contributed by atoms with Gasteiger partial charge in [-0.15, -0.1) is 0 Å². The number of nitro benzene ring substituents is 1. The van der Waals surface area contributed by atoms with Gasteiger partial charge in [0, 0.05) is 25.2 Å². The predicted molar refractivity (Wildman–Crippen MR) is 80.1 cm³/mol. The minimum Gasteiger partial charge on any atom is -0.377 e. The van der Waals surface area contributed by atoms with Gasteiger partial charge in [0.15, 0.2) is 0 Å². The predicted octanol–water partition coefficient (Wildman–Crippen LogP) is 1.26. The summed E-state index contributed by atoms with van der Waals surface area (Å²) in [6, 6.07) is 5.24. The highest BCUT2D eigenvalue weighted by atomic mass is 16.6. The number of piperidine rings is 1. The molecule has 1 amide bonds. The van der Waals surface area contributed by atoms with Crippen LogP contribution >= 0.6 is 0 Å². The summed E-state index contributed by atoms with van der Waals surface area (Å²) in [5, 5.41) is 14.3. The number of carbonyl (C=O) groups is 1. The van der Waals surface area contributed by atoms with Crippen molar-refractivity contribution in [2.75, 3.05) is 25.0 Å². The van der Waals surface area contributed by atoms with E-state index in [1.54, 1.807) is 12.1 Å². The molecule has 1 heterocycles. The van der Waals surface area contributed by atoms with Crippen LogP contribution in [0.1, 0.15) is 18.4 Å². The first-order valence-corrected chi connectivity index (χ1v) is 6.98. The summed E-state index contributed by atoms with van der Waals surface area (Å²) in [6.07, 6.45) is 1.66. The highest BCUT2D eigenvalue weighted by molar-refractivity contribution is 5.75. The third-order valence-corrected chi connectivity index (χ3v) is 3.68. The number of hydrogen-bond donors (Lipinski definition) is 2. The van der Waals surface area contributed by atoms with Crippen molar-refractivity contribution in [1.29, 1.82) is 0 Å². The molecule has 7 nitrogen and oxygen atoms in total. The minimum atomic E-state index is -0.371. The molecule has 0 bridgehead atoms. The summed E-state index contributed by atoms with van der Waals surface area (Å²) in [6.45, 7) is 3.71. The quantitative estimate of drug-likeness (QED) is 0.628. The zero-order valence-electron chi connectivity index (χ0n) is 12.0. The van der Waals surface area contributed by atoms with Gasteiger partial charge in [0.1, 0.15) is 5.69 Å². The van der Waals surface area contributed by atoms with Gasteiger partial charge >= 0.3 is 0 Å². The van der Waals surface area contributed by atoms with E-state index in [1.165, 1.54) is 6.07 Å². The number of hydrogen-bond acceptors (Lipinski definition) is 5. The van der Waals surface area contributed by atoms with Crippen molar-refractivity contribution >= 4 is 17.3 Å². The monoisotopic (exact) mass is 292 g/mol. The highest BCUT2D eigenvalue weighted by Gasteiger charge is 2.22. The molecule has 3 N–H and O–H groups in total. The molecule has 0 saturated carbocycles. The van der Waals surface area contributed by atoms with Gasteiger partial charge in [-0.3, -0.25) is 19.8 Å². The van der Waals surface area contributed by atoms with Crippen molar-refractivity contribution in [3.63, 3.8) is 0 Å². The number of anilines is 1. The number of nitrogens with two attached hydrogens (primary N) is 1. The molecule has 7 heteroatoms. The summed E-state index contributed by atoms with van der Waals surface area (Å²) >= 11 is 0. The Morgan fingerprint density at radius 2 is 2.14 bits per heavy atom. The first kappa shape index (κ1) is 15.2. The number of likely N-dealkylation sites (tertiary alicyclic amines) is 1. The number of nitro groups is 1. The maximum absolute atomic E-state index is 11.1. The lowest BCUT2D eigenvalue weighted by atomic mass is 10.0. The summed E-state index contributed by atoms with van der Waals surface area (Å²) in [4.78, 5) is 23.6.